The van der Waals surface area contributed by atoms with Crippen molar-refractivity contribution in [3.63, 3.8) is 0 Å². The molecule has 2 N–H and O–H groups in total. The van der Waals surface area contributed by atoms with E-state index in [1.807, 2.05) is 41.9 Å². The number of para-hydroxylation sites is 1. The number of benzene rings is 1. The van der Waals surface area contributed by atoms with Gasteiger partial charge in [0.25, 0.3) is 0 Å². The zero-order valence-electron chi connectivity index (χ0n) is 11.9. The summed E-state index contributed by atoms with van der Waals surface area (Å²) in [6.07, 6.45) is 3.60. The molecule has 0 aliphatic rings. The summed E-state index contributed by atoms with van der Waals surface area (Å²) in [5.41, 5.74) is 4.28. The molecule has 0 atom stereocenters. The third kappa shape index (κ3) is 3.89. The molecule has 0 bridgehead atoms. The molecule has 22 heavy (non-hydrogen) atoms. The van der Waals surface area contributed by atoms with Gasteiger partial charge >= 0.3 is 5.09 Å². The quantitative estimate of drug-likeness (QED) is 0.710. The first-order valence-corrected chi connectivity index (χ1v) is 6.45. The molecule has 112 valence electrons. The van der Waals surface area contributed by atoms with Crippen LogP contribution in [0.1, 0.15) is 5.69 Å². The van der Waals surface area contributed by atoms with Crippen molar-refractivity contribution in [2.45, 2.75) is 6.92 Å². The largest absolute Gasteiger partial charge is 0.472 e. The van der Waals surface area contributed by atoms with Crippen LogP contribution in [0, 0.1) is 11.8 Å². The highest BCUT2D eigenvalue weighted by Crippen LogP contribution is 2.22. The molecule has 0 aliphatic carbocycles. The van der Waals surface area contributed by atoms with E-state index >= 15 is 0 Å². The summed E-state index contributed by atoms with van der Waals surface area (Å²) in [5, 5.41) is 17.1. The zero-order valence-corrected chi connectivity index (χ0v) is 11.9. The van der Waals surface area contributed by atoms with Gasteiger partial charge in [-0.05, 0) is 37.3 Å². The van der Waals surface area contributed by atoms with Gasteiger partial charge in [0.15, 0.2) is 0 Å². The first-order chi connectivity index (χ1) is 10.6. The lowest BCUT2D eigenvalue weighted by molar-refractivity contribution is -0.969. The number of pyridine rings is 1. The molecule has 0 unspecified atom stereocenters. The van der Waals surface area contributed by atoms with Gasteiger partial charge in [0.1, 0.15) is 4.91 Å². The van der Waals surface area contributed by atoms with Gasteiger partial charge in [-0.15, -0.1) is 0 Å². The van der Waals surface area contributed by atoms with E-state index in [4.69, 9.17) is 15.3 Å². The summed E-state index contributed by atoms with van der Waals surface area (Å²) >= 11 is 0. The highest BCUT2D eigenvalue weighted by atomic mass is 16.9. The summed E-state index contributed by atoms with van der Waals surface area (Å²) in [5.74, 6) is 0. The summed E-state index contributed by atoms with van der Waals surface area (Å²) in [6, 6.07) is 16.2. The van der Waals surface area contributed by atoms with Gasteiger partial charge in [-0.2, -0.15) is 5.10 Å². The van der Waals surface area contributed by atoms with Crippen LogP contribution in [-0.2, 0) is 0 Å². The van der Waals surface area contributed by atoms with Crippen molar-refractivity contribution in [1.29, 1.82) is 0 Å². The Kier molecular flexibility index (Phi) is 4.81. The van der Waals surface area contributed by atoms with Gasteiger partial charge in [0, 0.05) is 18.0 Å². The Labute approximate surface area is 126 Å². The first-order valence-electron chi connectivity index (χ1n) is 6.45. The van der Waals surface area contributed by atoms with E-state index in [0.29, 0.717) is 0 Å². The Hall–Kier alpha value is -3.22. The monoisotopic (exact) mass is 299 g/mol. The lowest BCUT2D eigenvalue weighted by Gasteiger charge is -2.06. The fourth-order valence-electron chi connectivity index (χ4n) is 1.99. The van der Waals surface area contributed by atoms with Crippen LogP contribution in [0.25, 0.3) is 16.9 Å². The molecule has 0 fully saturated rings. The maximum atomic E-state index is 8.47. The van der Waals surface area contributed by atoms with Crippen molar-refractivity contribution in [1.82, 2.24) is 14.8 Å². The number of hydrogen-bond donors (Lipinski definition) is 2. The normalized spacial score (nSPS) is 9.68. The molecule has 1 aromatic carbocycles. The maximum Gasteiger partial charge on any atom is 0.472 e. The Bertz CT molecular complexity index is 681. The summed E-state index contributed by atoms with van der Waals surface area (Å²) in [6.45, 7) is 2.00. The van der Waals surface area contributed by atoms with E-state index in [9.17, 15) is 0 Å². The number of aryl methyl sites for hydroxylation is 1. The van der Waals surface area contributed by atoms with Crippen molar-refractivity contribution in [2.24, 2.45) is 0 Å². The van der Waals surface area contributed by atoms with Gasteiger partial charge < -0.3 is 0 Å². The predicted octanol–water partition coefficient (Wildman–Crippen LogP) is 2.79. The first kappa shape index (κ1) is 15.2. The minimum absolute atomic E-state index is 1.01. The number of hydrogen-bond acceptors (Lipinski definition) is 3. The second-order valence-electron chi connectivity index (χ2n) is 4.41. The highest BCUT2D eigenvalue weighted by Gasteiger charge is 2.08. The summed E-state index contributed by atoms with van der Waals surface area (Å²) in [7, 11) is 0. The van der Waals surface area contributed by atoms with Crippen LogP contribution in [0.15, 0.2) is 60.9 Å². The van der Waals surface area contributed by atoms with Crippen molar-refractivity contribution in [2.75, 3.05) is 0 Å². The molecule has 0 saturated heterocycles. The van der Waals surface area contributed by atoms with Gasteiger partial charge in [0.05, 0.1) is 17.1 Å². The van der Waals surface area contributed by atoms with E-state index in [1.54, 1.807) is 12.4 Å². The Morgan fingerprint density at radius 1 is 1.05 bits per heavy atom. The van der Waals surface area contributed by atoms with Crippen molar-refractivity contribution in [3.8, 4) is 16.9 Å². The fraction of sp³-hybridized carbons (Fsp3) is 0.0667. The molecular formula is C15H15N4O3+. The molecule has 0 radical (unpaired) electrons. The molecule has 2 aromatic heterocycles. The van der Waals surface area contributed by atoms with Gasteiger partial charge in [-0.25, -0.2) is 15.1 Å². The van der Waals surface area contributed by atoms with Crippen LogP contribution in [0.4, 0.5) is 0 Å². The lowest BCUT2D eigenvalue weighted by atomic mass is 10.2. The molecule has 3 rings (SSSR count). The SMILES string of the molecule is Cc1cc(-c2ccncc2)n(-c2ccccc2)n1.O=[N+](O)O. The maximum absolute atomic E-state index is 8.47. The Morgan fingerprint density at radius 2 is 1.64 bits per heavy atom. The molecule has 0 spiro atoms. The van der Waals surface area contributed by atoms with Crippen LogP contribution in [0.3, 0.4) is 0 Å². The van der Waals surface area contributed by atoms with Crippen LogP contribution < -0.4 is 0 Å². The van der Waals surface area contributed by atoms with E-state index in [2.05, 4.69) is 28.3 Å². The van der Waals surface area contributed by atoms with Crippen molar-refractivity contribution >= 4 is 0 Å². The topological polar surface area (TPSA) is 91.2 Å². The average molecular weight is 299 g/mol. The van der Waals surface area contributed by atoms with Gasteiger partial charge in [-0.3, -0.25) is 4.98 Å². The minimum Gasteiger partial charge on any atom is -0.265 e. The van der Waals surface area contributed by atoms with Crippen LogP contribution in [-0.4, -0.2) is 30.3 Å². The minimum atomic E-state index is -1.25. The average Bonchev–Trinajstić information content (AvgIpc) is 2.90. The van der Waals surface area contributed by atoms with E-state index in [1.165, 1.54) is 0 Å². The number of aromatic nitrogens is 3. The second kappa shape index (κ2) is 6.98. The highest BCUT2D eigenvalue weighted by molar-refractivity contribution is 5.61. The predicted molar refractivity (Wildman–Crippen MR) is 78.7 cm³/mol. The molecule has 7 heteroatoms. The molecule has 7 nitrogen and oxygen atoms in total. The fourth-order valence-corrected chi connectivity index (χ4v) is 1.99. The number of nitrogens with zero attached hydrogens (tertiary/aromatic N) is 4. The summed E-state index contributed by atoms with van der Waals surface area (Å²) < 4.78 is 1.96. The van der Waals surface area contributed by atoms with E-state index in [-0.39, 0.29) is 0 Å². The van der Waals surface area contributed by atoms with Crippen LogP contribution in [0.5, 0.6) is 0 Å². The van der Waals surface area contributed by atoms with Crippen LogP contribution in [0.2, 0.25) is 0 Å². The molecule has 0 aliphatic heterocycles. The molecular weight excluding hydrogens is 284 g/mol. The van der Waals surface area contributed by atoms with E-state index in [0.717, 1.165) is 22.6 Å². The Morgan fingerprint density at radius 3 is 2.23 bits per heavy atom. The van der Waals surface area contributed by atoms with Crippen molar-refractivity contribution in [3.05, 3.63) is 71.5 Å². The smallest absolute Gasteiger partial charge is 0.265 e. The molecule has 2 heterocycles. The molecule has 0 amide bonds. The third-order valence-electron chi connectivity index (χ3n) is 2.81. The van der Waals surface area contributed by atoms with Crippen molar-refractivity contribution < 1.29 is 15.5 Å². The number of rotatable bonds is 2. The van der Waals surface area contributed by atoms with Crippen LogP contribution >= 0.6 is 0 Å². The van der Waals surface area contributed by atoms with Gasteiger partial charge in [-0.1, -0.05) is 18.2 Å². The van der Waals surface area contributed by atoms with E-state index < -0.39 is 5.09 Å². The lowest BCUT2D eigenvalue weighted by Crippen LogP contribution is -1.98. The Balaban J connectivity index is 0.000000396. The second-order valence-corrected chi connectivity index (χ2v) is 4.41. The molecule has 3 aromatic rings. The molecule has 0 saturated carbocycles. The summed E-state index contributed by atoms with van der Waals surface area (Å²) in [4.78, 5) is 12.5. The third-order valence-corrected chi connectivity index (χ3v) is 2.81. The standard InChI is InChI=1S/C15H13N3.H2NO3/c1-12-11-15(13-7-9-16-10-8-13)18(17-12)14-5-3-2-4-6-14;2-1(3)4/h2-11H,1H3;(H2,2,3,4)/q;+1. The zero-order chi connectivity index (χ0) is 15.9. The van der Waals surface area contributed by atoms with Gasteiger partial charge in [0.2, 0.25) is 0 Å².